The molecule has 7 heteroatoms. The lowest BCUT2D eigenvalue weighted by Crippen LogP contribution is -2.34. The maximum absolute atomic E-state index is 10.3. The average molecular weight is 383 g/mol. The molecule has 0 unspecified atom stereocenters. The Morgan fingerprint density at radius 3 is 1.16 bits per heavy atom. The van der Waals surface area contributed by atoms with Crippen molar-refractivity contribution < 1.29 is 19.8 Å². The number of rotatable bonds is 10. The first-order chi connectivity index (χ1) is 11.0. The number of carboxylic acids is 2. The van der Waals surface area contributed by atoms with Gasteiger partial charge in [0.05, 0.1) is 12.8 Å². The highest BCUT2D eigenvalue weighted by Crippen LogP contribution is 2.19. The van der Waals surface area contributed by atoms with Crippen molar-refractivity contribution in [2.75, 3.05) is 0 Å². The van der Waals surface area contributed by atoms with Crippen molar-refractivity contribution in [3.63, 3.8) is 0 Å². The summed E-state index contributed by atoms with van der Waals surface area (Å²) < 4.78 is 0. The molecule has 0 bridgehead atoms. The molecule has 6 nitrogen and oxygen atoms in total. The molecule has 0 aliphatic heterocycles. The lowest BCUT2D eigenvalue weighted by Gasteiger charge is -2.23. The lowest BCUT2D eigenvalue weighted by atomic mass is 9.86. The first-order valence-corrected chi connectivity index (χ1v) is 8.92. The van der Waals surface area contributed by atoms with Crippen LogP contribution >= 0.6 is 12.4 Å². The summed E-state index contributed by atoms with van der Waals surface area (Å²) in [5.41, 5.74) is 11.4. The van der Waals surface area contributed by atoms with Crippen molar-refractivity contribution in [2.45, 2.75) is 79.3 Å². The minimum absolute atomic E-state index is 0. The quantitative estimate of drug-likeness (QED) is 0.458. The van der Waals surface area contributed by atoms with Gasteiger partial charge in [0.1, 0.15) is 0 Å². The largest absolute Gasteiger partial charge is 0.481 e. The fourth-order valence-corrected chi connectivity index (χ4v) is 2.36. The number of hydrogen-bond donors (Lipinski definition) is 4. The summed E-state index contributed by atoms with van der Waals surface area (Å²) in [6, 6.07) is -0.421. The molecule has 0 fully saturated rings. The summed E-state index contributed by atoms with van der Waals surface area (Å²) in [5, 5.41) is 17.0. The molecule has 0 heterocycles. The fraction of sp³-hybridized carbons (Fsp3) is 0.889. The molecule has 0 amide bonds. The summed E-state index contributed by atoms with van der Waals surface area (Å²) in [6.45, 7) is 12.4. The van der Waals surface area contributed by atoms with Crippen LogP contribution in [-0.2, 0) is 9.59 Å². The van der Waals surface area contributed by atoms with Crippen LogP contribution in [0.5, 0.6) is 0 Å². The van der Waals surface area contributed by atoms with Gasteiger partial charge in [-0.2, -0.15) is 0 Å². The highest BCUT2D eigenvalue weighted by molar-refractivity contribution is 5.85. The minimum atomic E-state index is -0.808. The van der Waals surface area contributed by atoms with E-state index in [1.54, 1.807) is 0 Å². The van der Waals surface area contributed by atoms with E-state index in [2.05, 4.69) is 27.7 Å². The molecular weight excluding hydrogens is 344 g/mol. The van der Waals surface area contributed by atoms with Crippen molar-refractivity contribution >= 4 is 24.3 Å². The maximum Gasteiger partial charge on any atom is 0.304 e. The Hall–Kier alpha value is -0.850. The van der Waals surface area contributed by atoms with Crippen molar-refractivity contribution in [1.82, 2.24) is 0 Å². The van der Waals surface area contributed by atoms with Gasteiger partial charge in [0.15, 0.2) is 0 Å². The number of aliphatic carboxylic acids is 2. The van der Waals surface area contributed by atoms with E-state index in [9.17, 15) is 9.59 Å². The second-order valence-corrected chi connectivity index (χ2v) is 7.01. The van der Waals surface area contributed by atoms with Crippen LogP contribution in [0.2, 0.25) is 0 Å². The van der Waals surface area contributed by atoms with Crippen molar-refractivity contribution in [3.05, 3.63) is 0 Å². The van der Waals surface area contributed by atoms with Crippen molar-refractivity contribution in [3.8, 4) is 0 Å². The highest BCUT2D eigenvalue weighted by Gasteiger charge is 2.21. The molecular formula is C18H39ClN2O4. The van der Waals surface area contributed by atoms with Gasteiger partial charge in [-0.25, -0.2) is 0 Å². The van der Waals surface area contributed by atoms with E-state index in [1.165, 1.54) is 0 Å². The maximum atomic E-state index is 10.3. The van der Waals surface area contributed by atoms with Crippen LogP contribution in [0.1, 0.15) is 67.2 Å². The Bertz CT molecular complexity index is 335. The van der Waals surface area contributed by atoms with E-state index < -0.39 is 11.9 Å². The Morgan fingerprint density at radius 2 is 1.00 bits per heavy atom. The zero-order valence-corrected chi connectivity index (χ0v) is 17.4. The fourth-order valence-electron chi connectivity index (χ4n) is 2.36. The zero-order chi connectivity index (χ0) is 19.4. The summed E-state index contributed by atoms with van der Waals surface area (Å²) in [4.78, 5) is 20.7. The second-order valence-electron chi connectivity index (χ2n) is 7.01. The van der Waals surface area contributed by atoms with Gasteiger partial charge >= 0.3 is 11.9 Å². The molecule has 0 spiro atoms. The molecule has 0 aromatic carbocycles. The molecule has 6 atom stereocenters. The number of nitrogens with two attached hydrogens (primary N) is 2. The van der Waals surface area contributed by atoms with Gasteiger partial charge in [0.25, 0.3) is 0 Å². The molecule has 6 N–H and O–H groups in total. The van der Waals surface area contributed by atoms with E-state index >= 15 is 0 Å². The summed E-state index contributed by atoms with van der Waals surface area (Å²) in [7, 11) is 0. The zero-order valence-electron chi connectivity index (χ0n) is 16.6. The smallest absolute Gasteiger partial charge is 0.304 e. The van der Waals surface area contributed by atoms with Crippen LogP contribution in [0.15, 0.2) is 0 Å². The third kappa shape index (κ3) is 14.0. The van der Waals surface area contributed by atoms with Gasteiger partial charge in [0, 0.05) is 12.1 Å². The summed E-state index contributed by atoms with van der Waals surface area (Å²) >= 11 is 0. The Kier molecular flexibility index (Phi) is 17.8. The number of hydrogen-bond acceptors (Lipinski definition) is 4. The topological polar surface area (TPSA) is 127 Å². The Balaban J connectivity index is -0.000000372. The van der Waals surface area contributed by atoms with Crippen molar-refractivity contribution in [1.29, 1.82) is 0 Å². The number of halogens is 1. The lowest BCUT2D eigenvalue weighted by molar-refractivity contribution is -0.138. The Morgan fingerprint density at radius 1 is 0.760 bits per heavy atom. The van der Waals surface area contributed by atoms with Gasteiger partial charge in [-0.15, -0.1) is 12.4 Å². The molecule has 25 heavy (non-hydrogen) atoms. The average Bonchev–Trinajstić information content (AvgIpc) is 2.50. The van der Waals surface area contributed by atoms with Crippen LogP contribution in [-0.4, -0.2) is 34.2 Å². The SMILES string of the molecule is CC[C@@H](C)[C@@H](C)[C@H](N)CC(=O)O.CC[C@@H](C)[C@@H](C)[C@H](N)CC(=O)O.Cl. The predicted molar refractivity (Wildman–Crippen MR) is 105 cm³/mol. The van der Waals surface area contributed by atoms with E-state index in [0.717, 1.165) is 12.8 Å². The van der Waals surface area contributed by atoms with Crippen LogP contribution in [0.4, 0.5) is 0 Å². The number of carboxylic acid groups (broad SMARTS) is 2. The van der Waals surface area contributed by atoms with Gasteiger partial charge in [-0.05, 0) is 23.7 Å². The molecule has 0 aromatic heterocycles. The van der Waals surface area contributed by atoms with Crippen molar-refractivity contribution in [2.24, 2.45) is 35.1 Å². The van der Waals surface area contributed by atoms with E-state index in [4.69, 9.17) is 21.7 Å². The van der Waals surface area contributed by atoms with Gasteiger partial charge < -0.3 is 21.7 Å². The second kappa shape index (κ2) is 15.4. The minimum Gasteiger partial charge on any atom is -0.481 e. The predicted octanol–water partition coefficient (Wildman–Crippen LogP) is 3.36. The van der Waals surface area contributed by atoms with E-state index in [0.29, 0.717) is 11.8 Å². The highest BCUT2D eigenvalue weighted by atomic mass is 35.5. The van der Waals surface area contributed by atoms with E-state index in [1.807, 2.05) is 13.8 Å². The van der Waals surface area contributed by atoms with Crippen LogP contribution in [0, 0.1) is 23.7 Å². The monoisotopic (exact) mass is 382 g/mol. The first-order valence-electron chi connectivity index (χ1n) is 8.92. The van der Waals surface area contributed by atoms with E-state index in [-0.39, 0.29) is 49.2 Å². The van der Waals surface area contributed by atoms with Crippen LogP contribution in [0.25, 0.3) is 0 Å². The van der Waals surface area contributed by atoms with Gasteiger partial charge in [-0.3, -0.25) is 9.59 Å². The molecule has 0 aromatic rings. The Labute approximate surface area is 159 Å². The third-order valence-corrected chi connectivity index (χ3v) is 5.25. The van der Waals surface area contributed by atoms with Gasteiger partial charge in [0.2, 0.25) is 0 Å². The standard InChI is InChI=1S/2C9H19NO2.ClH/c2*1-4-6(2)7(3)8(10)5-9(11)12;/h2*6-8H,4-5,10H2,1-3H3,(H,11,12);1H/t2*6-,7-,8-;/m11./s1. The summed E-state index contributed by atoms with van der Waals surface area (Å²) in [5.74, 6) is -0.0498. The van der Waals surface area contributed by atoms with Gasteiger partial charge in [-0.1, -0.05) is 54.4 Å². The molecule has 0 radical (unpaired) electrons. The molecule has 0 aliphatic rings. The van der Waals surface area contributed by atoms with Crippen LogP contribution in [0.3, 0.4) is 0 Å². The molecule has 0 aliphatic carbocycles. The summed E-state index contributed by atoms with van der Waals surface area (Å²) in [6.07, 6.45) is 2.25. The third-order valence-electron chi connectivity index (χ3n) is 5.25. The molecule has 0 rings (SSSR count). The first kappa shape index (κ1) is 28.9. The molecule has 152 valence electrons. The molecule has 0 saturated heterocycles. The molecule has 0 saturated carbocycles. The normalized spacial score (nSPS) is 17.6. The van der Waals surface area contributed by atoms with Crippen LogP contribution < -0.4 is 11.5 Å². The number of carbonyl (C=O) groups is 2.